The second kappa shape index (κ2) is 6.65. The molecule has 1 aromatic heterocycles. The fourth-order valence-corrected chi connectivity index (χ4v) is 3.06. The lowest BCUT2D eigenvalue weighted by Crippen LogP contribution is -2.50. The van der Waals surface area contributed by atoms with Crippen LogP contribution in [-0.4, -0.2) is 46.1 Å². The van der Waals surface area contributed by atoms with E-state index in [1.807, 2.05) is 32.0 Å². The summed E-state index contributed by atoms with van der Waals surface area (Å²) in [7, 11) is 0. The Morgan fingerprint density at radius 3 is 2.83 bits per heavy atom. The Kier molecular flexibility index (Phi) is 4.57. The highest BCUT2D eigenvalue weighted by Gasteiger charge is 2.27. The molecule has 1 fully saturated rings. The first-order valence-corrected chi connectivity index (χ1v) is 8.25. The van der Waals surface area contributed by atoms with Crippen LogP contribution in [0.3, 0.4) is 0 Å². The third kappa shape index (κ3) is 3.14. The Morgan fingerprint density at radius 1 is 1.38 bits per heavy atom. The van der Waals surface area contributed by atoms with Crippen molar-refractivity contribution >= 4 is 23.4 Å². The molecule has 0 saturated carbocycles. The number of halogens is 1. The largest absolute Gasteiger partial charge is 0.353 e. The normalized spacial score (nSPS) is 14.8. The fraction of sp³-hybridized carbons (Fsp3) is 0.353. The highest BCUT2D eigenvalue weighted by Crippen LogP contribution is 2.25. The molecule has 0 radical (unpaired) electrons. The van der Waals surface area contributed by atoms with Gasteiger partial charge in [-0.05, 0) is 24.1 Å². The lowest BCUT2D eigenvalue weighted by molar-refractivity contribution is -0.123. The van der Waals surface area contributed by atoms with Crippen molar-refractivity contribution in [2.24, 2.45) is 0 Å². The van der Waals surface area contributed by atoms with Crippen molar-refractivity contribution in [3.8, 4) is 5.69 Å². The zero-order valence-corrected chi connectivity index (χ0v) is 14.4. The summed E-state index contributed by atoms with van der Waals surface area (Å²) in [6, 6.07) is 7.35. The molecule has 7 heteroatoms. The summed E-state index contributed by atoms with van der Waals surface area (Å²) in [5.74, 6) is -0.214. The van der Waals surface area contributed by atoms with Crippen LogP contribution in [0.1, 0.15) is 35.8 Å². The van der Waals surface area contributed by atoms with Crippen LogP contribution in [0, 0.1) is 0 Å². The van der Waals surface area contributed by atoms with Gasteiger partial charge in [0.05, 0.1) is 29.7 Å². The maximum Gasteiger partial charge on any atom is 0.257 e. The van der Waals surface area contributed by atoms with E-state index in [0.29, 0.717) is 23.7 Å². The summed E-state index contributed by atoms with van der Waals surface area (Å²) >= 11 is 6.07. The van der Waals surface area contributed by atoms with Crippen LogP contribution >= 0.6 is 11.6 Å². The number of benzene rings is 1. The lowest BCUT2D eigenvalue weighted by atomic mass is 10.0. The molecule has 1 aromatic carbocycles. The van der Waals surface area contributed by atoms with Crippen LogP contribution in [-0.2, 0) is 4.79 Å². The number of rotatable bonds is 3. The van der Waals surface area contributed by atoms with Gasteiger partial charge in [-0.1, -0.05) is 31.5 Å². The van der Waals surface area contributed by atoms with Crippen LogP contribution in [0.5, 0.6) is 0 Å². The maximum atomic E-state index is 12.8. The van der Waals surface area contributed by atoms with Crippen LogP contribution in [0.4, 0.5) is 0 Å². The van der Waals surface area contributed by atoms with Gasteiger partial charge < -0.3 is 10.2 Å². The molecule has 3 rings (SSSR count). The number of aromatic nitrogens is 2. The van der Waals surface area contributed by atoms with E-state index >= 15 is 0 Å². The summed E-state index contributed by atoms with van der Waals surface area (Å²) in [5.41, 5.74) is 2.15. The number of amides is 2. The first-order chi connectivity index (χ1) is 11.5. The average Bonchev–Trinajstić information content (AvgIpc) is 2.99. The molecule has 6 nitrogen and oxygen atoms in total. The quantitative estimate of drug-likeness (QED) is 0.926. The third-order valence-corrected chi connectivity index (χ3v) is 4.20. The molecule has 126 valence electrons. The zero-order valence-electron chi connectivity index (χ0n) is 13.6. The van der Waals surface area contributed by atoms with Gasteiger partial charge in [-0.15, -0.1) is 0 Å². The number of piperazine rings is 1. The van der Waals surface area contributed by atoms with Gasteiger partial charge in [0.25, 0.3) is 5.91 Å². The van der Waals surface area contributed by atoms with Gasteiger partial charge in [0.1, 0.15) is 0 Å². The summed E-state index contributed by atoms with van der Waals surface area (Å²) in [5, 5.41) is 7.73. The average molecular weight is 347 g/mol. The molecule has 1 aliphatic rings. The Hall–Kier alpha value is -2.34. The van der Waals surface area contributed by atoms with Crippen molar-refractivity contribution in [2.75, 3.05) is 19.6 Å². The first kappa shape index (κ1) is 16.5. The minimum absolute atomic E-state index is 0.0821. The van der Waals surface area contributed by atoms with Crippen molar-refractivity contribution in [3.63, 3.8) is 0 Å². The lowest BCUT2D eigenvalue weighted by Gasteiger charge is -2.27. The summed E-state index contributed by atoms with van der Waals surface area (Å²) in [4.78, 5) is 26.0. The van der Waals surface area contributed by atoms with E-state index < -0.39 is 0 Å². The number of carbonyl (C=O) groups is 2. The summed E-state index contributed by atoms with van der Waals surface area (Å²) in [6.07, 6.45) is 1.57. The highest BCUT2D eigenvalue weighted by molar-refractivity contribution is 6.30. The molecule has 24 heavy (non-hydrogen) atoms. The minimum Gasteiger partial charge on any atom is -0.353 e. The topological polar surface area (TPSA) is 67.2 Å². The third-order valence-electron chi connectivity index (χ3n) is 3.96. The number of nitrogens with one attached hydrogen (secondary N) is 1. The van der Waals surface area contributed by atoms with E-state index in [9.17, 15) is 9.59 Å². The molecule has 2 heterocycles. The van der Waals surface area contributed by atoms with E-state index in [1.54, 1.807) is 21.8 Å². The Labute approximate surface area is 145 Å². The second-order valence-corrected chi connectivity index (χ2v) is 6.50. The van der Waals surface area contributed by atoms with E-state index in [4.69, 9.17) is 11.6 Å². The molecule has 0 unspecified atom stereocenters. The second-order valence-electron chi connectivity index (χ2n) is 6.07. The standard InChI is InChI=1S/C17H19ClN4O2/c1-11(2)16-14(17(24)21-7-6-19-15(23)10-21)9-20-22(16)13-5-3-4-12(18)8-13/h3-5,8-9,11H,6-7,10H2,1-2H3,(H,19,23). The smallest absolute Gasteiger partial charge is 0.257 e. The van der Waals surface area contributed by atoms with Crippen molar-refractivity contribution < 1.29 is 9.59 Å². The Balaban J connectivity index is 2.00. The molecule has 0 bridgehead atoms. The summed E-state index contributed by atoms with van der Waals surface area (Å²) < 4.78 is 1.74. The zero-order chi connectivity index (χ0) is 17.3. The summed E-state index contributed by atoms with van der Waals surface area (Å²) in [6.45, 7) is 5.09. The predicted octanol–water partition coefficient (Wildman–Crippen LogP) is 2.22. The monoisotopic (exact) mass is 346 g/mol. The highest BCUT2D eigenvalue weighted by atomic mass is 35.5. The molecular formula is C17H19ClN4O2. The van der Waals surface area contributed by atoms with Crippen LogP contribution in [0.2, 0.25) is 5.02 Å². The van der Waals surface area contributed by atoms with Crippen molar-refractivity contribution in [1.82, 2.24) is 20.0 Å². The predicted molar refractivity (Wildman–Crippen MR) is 91.6 cm³/mol. The van der Waals surface area contributed by atoms with Gasteiger partial charge >= 0.3 is 0 Å². The number of hydrogen-bond donors (Lipinski definition) is 1. The van der Waals surface area contributed by atoms with Gasteiger partial charge in [-0.3, -0.25) is 9.59 Å². The molecule has 0 atom stereocenters. The molecule has 1 N–H and O–H groups in total. The van der Waals surface area contributed by atoms with Crippen molar-refractivity contribution in [3.05, 3.63) is 46.7 Å². The van der Waals surface area contributed by atoms with E-state index in [2.05, 4.69) is 10.4 Å². The molecule has 1 saturated heterocycles. The molecule has 0 spiro atoms. The molecule has 1 aliphatic heterocycles. The SMILES string of the molecule is CC(C)c1c(C(=O)N2CCNC(=O)C2)cnn1-c1cccc(Cl)c1. The maximum absolute atomic E-state index is 12.8. The molecule has 2 aromatic rings. The number of nitrogens with zero attached hydrogens (tertiary/aromatic N) is 3. The van der Waals surface area contributed by atoms with Crippen LogP contribution in [0.15, 0.2) is 30.5 Å². The van der Waals surface area contributed by atoms with Crippen molar-refractivity contribution in [2.45, 2.75) is 19.8 Å². The van der Waals surface area contributed by atoms with Gasteiger partial charge in [0, 0.05) is 18.1 Å². The van der Waals surface area contributed by atoms with E-state index in [0.717, 1.165) is 11.4 Å². The number of hydrogen-bond acceptors (Lipinski definition) is 3. The van der Waals surface area contributed by atoms with E-state index in [1.165, 1.54) is 0 Å². The van der Waals surface area contributed by atoms with Crippen LogP contribution < -0.4 is 5.32 Å². The molecule has 2 amide bonds. The Bertz CT molecular complexity index is 785. The van der Waals surface area contributed by atoms with Gasteiger partial charge in [-0.2, -0.15) is 5.10 Å². The van der Waals surface area contributed by atoms with Crippen LogP contribution in [0.25, 0.3) is 5.69 Å². The first-order valence-electron chi connectivity index (χ1n) is 7.87. The van der Waals surface area contributed by atoms with Crippen molar-refractivity contribution in [1.29, 1.82) is 0 Å². The number of carbonyl (C=O) groups excluding carboxylic acids is 2. The fourth-order valence-electron chi connectivity index (χ4n) is 2.87. The Morgan fingerprint density at radius 2 is 2.17 bits per heavy atom. The minimum atomic E-state index is -0.165. The van der Waals surface area contributed by atoms with Gasteiger partial charge in [0.2, 0.25) is 5.91 Å². The van der Waals surface area contributed by atoms with Gasteiger partial charge in [-0.25, -0.2) is 4.68 Å². The van der Waals surface area contributed by atoms with Gasteiger partial charge in [0.15, 0.2) is 0 Å². The van der Waals surface area contributed by atoms with E-state index in [-0.39, 0.29) is 24.3 Å². The molecule has 0 aliphatic carbocycles. The molecular weight excluding hydrogens is 328 g/mol.